The lowest BCUT2D eigenvalue weighted by Gasteiger charge is -2.26. The molecular weight excluding hydrogens is 412 g/mol. The summed E-state index contributed by atoms with van der Waals surface area (Å²) in [5, 5.41) is 2.86. The molecule has 1 N–H and O–H groups in total. The number of amides is 4. The van der Waals surface area contributed by atoms with Gasteiger partial charge < -0.3 is 4.42 Å². The maximum absolute atomic E-state index is 13.0. The third-order valence-electron chi connectivity index (χ3n) is 4.69. The topological polar surface area (TPSA) is 79.6 Å². The molecule has 2 aromatic carbocycles. The molecule has 0 aliphatic carbocycles. The summed E-state index contributed by atoms with van der Waals surface area (Å²) in [6.07, 6.45) is 1.36. The zero-order valence-electron chi connectivity index (χ0n) is 17.3. The van der Waals surface area contributed by atoms with Crippen molar-refractivity contribution in [1.29, 1.82) is 0 Å². The van der Waals surface area contributed by atoms with Gasteiger partial charge in [-0.1, -0.05) is 35.5 Å². The molecule has 0 spiro atoms. The number of rotatable bonds is 4. The maximum Gasteiger partial charge on any atom is 0.335 e. The molecule has 31 heavy (non-hydrogen) atoms. The molecular formula is C24H20N2O4S. The summed E-state index contributed by atoms with van der Waals surface area (Å²) in [6, 6.07) is 16.1. The van der Waals surface area contributed by atoms with E-state index in [0.717, 1.165) is 20.9 Å². The number of nitrogens with one attached hydrogen (secondary N) is 1. The Morgan fingerprint density at radius 2 is 1.55 bits per heavy atom. The van der Waals surface area contributed by atoms with Gasteiger partial charge in [0.2, 0.25) is 0 Å². The van der Waals surface area contributed by atoms with Gasteiger partial charge in [-0.15, -0.1) is 0 Å². The molecule has 0 bridgehead atoms. The average Bonchev–Trinajstić information content (AvgIpc) is 3.13. The first-order valence-corrected chi connectivity index (χ1v) is 10.5. The van der Waals surface area contributed by atoms with E-state index in [0.29, 0.717) is 16.5 Å². The number of barbiturate groups is 1. The number of hydrogen-bond acceptors (Lipinski definition) is 5. The van der Waals surface area contributed by atoms with Gasteiger partial charge in [-0.25, -0.2) is 9.69 Å². The van der Waals surface area contributed by atoms with E-state index in [1.807, 2.05) is 51.1 Å². The lowest BCUT2D eigenvalue weighted by atomic mass is 10.1. The fourth-order valence-electron chi connectivity index (χ4n) is 3.30. The first kappa shape index (κ1) is 20.7. The molecule has 0 unspecified atom stereocenters. The van der Waals surface area contributed by atoms with Gasteiger partial charge in [0, 0.05) is 4.90 Å². The average molecular weight is 433 g/mol. The first-order chi connectivity index (χ1) is 14.8. The van der Waals surface area contributed by atoms with E-state index in [1.165, 1.54) is 23.4 Å². The third-order valence-corrected chi connectivity index (χ3v) is 5.62. The Balaban J connectivity index is 1.61. The van der Waals surface area contributed by atoms with Crippen LogP contribution in [-0.2, 0) is 9.59 Å². The predicted octanol–water partition coefficient (Wildman–Crippen LogP) is 5.02. The minimum absolute atomic E-state index is 0.167. The summed E-state index contributed by atoms with van der Waals surface area (Å²) in [5.74, 6) is -1.09. The zero-order chi connectivity index (χ0) is 22.1. The fourth-order valence-corrected chi connectivity index (χ4v) is 4.08. The largest absolute Gasteiger partial charge is 0.450 e. The minimum Gasteiger partial charge on any atom is -0.450 e. The van der Waals surface area contributed by atoms with Crippen LogP contribution in [0.25, 0.3) is 6.08 Å². The van der Waals surface area contributed by atoms with Crippen molar-refractivity contribution in [3.63, 3.8) is 0 Å². The molecule has 4 amide bonds. The summed E-state index contributed by atoms with van der Waals surface area (Å²) in [7, 11) is 0. The van der Waals surface area contributed by atoms with Crippen molar-refractivity contribution in [3.8, 4) is 0 Å². The number of carbonyl (C=O) groups excluding carboxylic acids is 3. The molecule has 6 nitrogen and oxygen atoms in total. The Morgan fingerprint density at radius 3 is 2.23 bits per heavy atom. The van der Waals surface area contributed by atoms with E-state index in [-0.39, 0.29) is 5.57 Å². The Morgan fingerprint density at radius 1 is 0.871 bits per heavy atom. The van der Waals surface area contributed by atoms with E-state index in [9.17, 15) is 14.4 Å². The number of aryl methyl sites for hydroxylation is 3. The van der Waals surface area contributed by atoms with Gasteiger partial charge in [-0.3, -0.25) is 14.9 Å². The summed E-state index contributed by atoms with van der Waals surface area (Å²) in [4.78, 5) is 39.8. The number of carbonyl (C=O) groups is 3. The van der Waals surface area contributed by atoms with Crippen LogP contribution in [0.4, 0.5) is 10.5 Å². The molecule has 3 aromatic rings. The Hall–Kier alpha value is -3.58. The summed E-state index contributed by atoms with van der Waals surface area (Å²) < 4.78 is 5.77. The van der Waals surface area contributed by atoms with Gasteiger partial charge in [-0.2, -0.15) is 0 Å². The minimum atomic E-state index is -0.771. The SMILES string of the molecule is Cc1ccc(Sc2ccc(/C=C3\C(=O)NC(=O)N(c4cc(C)cc(C)c4)C3=O)o2)cc1. The molecule has 0 atom stereocenters. The van der Waals surface area contributed by atoms with Crippen LogP contribution in [0.1, 0.15) is 22.5 Å². The van der Waals surface area contributed by atoms with Crippen LogP contribution in [0.15, 0.2) is 74.6 Å². The van der Waals surface area contributed by atoms with Crippen LogP contribution in [0, 0.1) is 20.8 Å². The van der Waals surface area contributed by atoms with Crippen LogP contribution in [-0.4, -0.2) is 17.8 Å². The van der Waals surface area contributed by atoms with Crippen molar-refractivity contribution < 1.29 is 18.8 Å². The second-order valence-corrected chi connectivity index (χ2v) is 8.45. The van der Waals surface area contributed by atoms with E-state index < -0.39 is 17.8 Å². The molecule has 1 aromatic heterocycles. The molecule has 1 aliphatic rings. The molecule has 1 aliphatic heterocycles. The van der Waals surface area contributed by atoms with Gasteiger partial charge in [0.05, 0.1) is 5.69 Å². The van der Waals surface area contributed by atoms with Crippen molar-refractivity contribution in [2.45, 2.75) is 30.8 Å². The number of hydrogen-bond donors (Lipinski definition) is 1. The molecule has 0 saturated carbocycles. The lowest BCUT2D eigenvalue weighted by Crippen LogP contribution is -2.54. The van der Waals surface area contributed by atoms with Crippen LogP contribution in [0.2, 0.25) is 0 Å². The van der Waals surface area contributed by atoms with E-state index in [2.05, 4.69) is 5.32 Å². The molecule has 7 heteroatoms. The number of anilines is 1. The highest BCUT2D eigenvalue weighted by atomic mass is 32.2. The quantitative estimate of drug-likeness (QED) is 0.462. The molecule has 0 radical (unpaired) electrons. The Kier molecular flexibility index (Phi) is 5.52. The van der Waals surface area contributed by atoms with Crippen molar-refractivity contribution in [3.05, 3.63) is 82.6 Å². The van der Waals surface area contributed by atoms with E-state index in [4.69, 9.17) is 4.42 Å². The Bertz CT molecular complexity index is 1200. The summed E-state index contributed by atoms with van der Waals surface area (Å²) in [6.45, 7) is 5.77. The van der Waals surface area contributed by atoms with Crippen LogP contribution >= 0.6 is 11.8 Å². The fraction of sp³-hybridized carbons (Fsp3) is 0.125. The smallest absolute Gasteiger partial charge is 0.335 e. The monoisotopic (exact) mass is 432 g/mol. The van der Waals surface area contributed by atoms with E-state index >= 15 is 0 Å². The predicted molar refractivity (Wildman–Crippen MR) is 119 cm³/mol. The van der Waals surface area contributed by atoms with Gasteiger partial charge >= 0.3 is 6.03 Å². The number of nitrogens with zero attached hydrogens (tertiary/aromatic N) is 1. The number of imide groups is 2. The van der Waals surface area contributed by atoms with Crippen LogP contribution in [0.3, 0.4) is 0 Å². The van der Waals surface area contributed by atoms with Crippen LogP contribution in [0.5, 0.6) is 0 Å². The molecule has 1 saturated heterocycles. The van der Waals surface area contributed by atoms with Crippen molar-refractivity contribution in [2.75, 3.05) is 4.90 Å². The van der Waals surface area contributed by atoms with Gasteiger partial charge in [0.1, 0.15) is 11.3 Å². The molecule has 1 fully saturated rings. The van der Waals surface area contributed by atoms with E-state index in [1.54, 1.807) is 24.3 Å². The maximum atomic E-state index is 13.0. The first-order valence-electron chi connectivity index (χ1n) is 9.64. The third kappa shape index (κ3) is 4.46. The van der Waals surface area contributed by atoms with Gasteiger partial charge in [0.25, 0.3) is 11.8 Å². The highest BCUT2D eigenvalue weighted by Crippen LogP contribution is 2.31. The van der Waals surface area contributed by atoms with Crippen molar-refractivity contribution >= 4 is 41.4 Å². The normalized spacial score (nSPS) is 15.5. The standard InChI is InChI=1S/C24H20N2O4S/c1-14-4-7-19(8-5-14)31-21-9-6-18(30-21)13-20-22(27)25-24(29)26(23(20)28)17-11-15(2)10-16(3)12-17/h4-13H,1-3H3,(H,25,27,29)/b20-13+. The number of benzene rings is 2. The lowest BCUT2D eigenvalue weighted by molar-refractivity contribution is -0.122. The number of furan rings is 1. The van der Waals surface area contributed by atoms with Crippen molar-refractivity contribution in [1.82, 2.24) is 5.32 Å². The summed E-state index contributed by atoms with van der Waals surface area (Å²) in [5.41, 5.74) is 3.22. The zero-order valence-corrected chi connectivity index (χ0v) is 18.1. The second-order valence-electron chi connectivity index (χ2n) is 7.38. The van der Waals surface area contributed by atoms with Gasteiger partial charge in [-0.05, 0) is 74.4 Å². The highest BCUT2D eigenvalue weighted by Gasteiger charge is 2.37. The molecule has 2 heterocycles. The molecule has 4 rings (SSSR count). The van der Waals surface area contributed by atoms with Crippen LogP contribution < -0.4 is 10.2 Å². The summed E-state index contributed by atoms with van der Waals surface area (Å²) >= 11 is 1.44. The number of urea groups is 1. The Labute approximate surface area is 183 Å². The molecule has 156 valence electrons. The second kappa shape index (κ2) is 8.28. The highest BCUT2D eigenvalue weighted by molar-refractivity contribution is 7.99. The van der Waals surface area contributed by atoms with Gasteiger partial charge in [0.15, 0.2) is 5.09 Å². The van der Waals surface area contributed by atoms with Crippen molar-refractivity contribution in [2.24, 2.45) is 0 Å².